The highest BCUT2D eigenvalue weighted by Crippen LogP contribution is 2.28. The molecule has 0 unspecified atom stereocenters. The van der Waals surface area contributed by atoms with Crippen LogP contribution in [0.15, 0.2) is 36.4 Å². The Balaban J connectivity index is 1.99. The summed E-state index contributed by atoms with van der Waals surface area (Å²) in [6, 6.07) is 8.59. The Labute approximate surface area is 156 Å². The van der Waals surface area contributed by atoms with Crippen molar-refractivity contribution in [1.82, 2.24) is 5.32 Å². The second-order valence-electron chi connectivity index (χ2n) is 5.58. The van der Waals surface area contributed by atoms with Gasteiger partial charge in [-0.1, -0.05) is 6.07 Å². The second kappa shape index (κ2) is 9.51. The van der Waals surface area contributed by atoms with Gasteiger partial charge < -0.3 is 14.8 Å². The molecule has 8 heteroatoms. The van der Waals surface area contributed by atoms with Crippen molar-refractivity contribution in [3.63, 3.8) is 0 Å². The molecule has 0 atom stereocenters. The molecule has 0 bridgehead atoms. The van der Waals surface area contributed by atoms with E-state index in [1.165, 1.54) is 6.07 Å². The molecule has 2 rings (SSSR count). The molecule has 7 nitrogen and oxygen atoms in total. The van der Waals surface area contributed by atoms with E-state index >= 15 is 0 Å². The van der Waals surface area contributed by atoms with Gasteiger partial charge in [0.2, 0.25) is 5.82 Å². The van der Waals surface area contributed by atoms with Gasteiger partial charge in [-0.05, 0) is 50.1 Å². The number of benzene rings is 2. The minimum Gasteiger partial charge on any atom is -0.490 e. The number of nitro groups is 1. The number of halogens is 1. The Kier molecular flexibility index (Phi) is 7.10. The number of hydrogen-bond acceptors (Lipinski definition) is 5. The van der Waals surface area contributed by atoms with Gasteiger partial charge in [0.1, 0.15) is 0 Å². The zero-order chi connectivity index (χ0) is 19.8. The summed E-state index contributed by atoms with van der Waals surface area (Å²) < 4.78 is 24.4. The number of carbonyl (C=O) groups excluding carboxylic acids is 1. The second-order valence-corrected chi connectivity index (χ2v) is 5.58. The van der Waals surface area contributed by atoms with Gasteiger partial charge in [-0.2, -0.15) is 4.39 Å². The van der Waals surface area contributed by atoms with Crippen LogP contribution in [0.5, 0.6) is 11.5 Å². The highest BCUT2D eigenvalue weighted by atomic mass is 19.1. The maximum absolute atomic E-state index is 13.3. The van der Waals surface area contributed by atoms with Gasteiger partial charge in [0, 0.05) is 18.2 Å². The van der Waals surface area contributed by atoms with Gasteiger partial charge in [0.15, 0.2) is 11.5 Å². The zero-order valence-electron chi connectivity index (χ0n) is 15.2. The number of ether oxygens (including phenoxy) is 2. The third-order valence-electron chi connectivity index (χ3n) is 3.71. The van der Waals surface area contributed by atoms with E-state index in [0.717, 1.165) is 17.7 Å². The van der Waals surface area contributed by atoms with Gasteiger partial charge in [-0.3, -0.25) is 14.9 Å². The minimum absolute atomic E-state index is 0.0322. The molecule has 0 heterocycles. The summed E-state index contributed by atoms with van der Waals surface area (Å²) in [5.74, 6) is -0.188. The number of hydrogen-bond donors (Lipinski definition) is 1. The monoisotopic (exact) mass is 376 g/mol. The number of rotatable bonds is 9. The standard InChI is InChI=1S/C19H21FN2O5/c1-3-26-17-8-5-13(11-18(17)27-4-2)9-10-21-19(23)14-6-7-15(20)16(12-14)22(24)25/h5-8,11-12H,3-4,9-10H2,1-2H3,(H,21,23). The molecule has 0 aliphatic rings. The first-order chi connectivity index (χ1) is 13.0. The van der Waals surface area contributed by atoms with E-state index in [1.807, 2.05) is 32.0 Å². The summed E-state index contributed by atoms with van der Waals surface area (Å²) >= 11 is 0. The van der Waals surface area contributed by atoms with Crippen molar-refractivity contribution in [1.29, 1.82) is 0 Å². The fourth-order valence-electron chi connectivity index (χ4n) is 2.47. The Hall–Kier alpha value is -3.16. The molecular formula is C19H21FN2O5. The number of amides is 1. The first kappa shape index (κ1) is 20.2. The van der Waals surface area contributed by atoms with Crippen LogP contribution >= 0.6 is 0 Å². The molecule has 0 aliphatic heterocycles. The van der Waals surface area contributed by atoms with E-state index in [4.69, 9.17) is 9.47 Å². The van der Waals surface area contributed by atoms with Crippen LogP contribution in [0.1, 0.15) is 29.8 Å². The van der Waals surface area contributed by atoms with E-state index in [9.17, 15) is 19.3 Å². The summed E-state index contributed by atoms with van der Waals surface area (Å²) in [5, 5.41) is 13.4. The highest BCUT2D eigenvalue weighted by molar-refractivity contribution is 5.94. The third-order valence-corrected chi connectivity index (χ3v) is 3.71. The summed E-state index contributed by atoms with van der Waals surface area (Å²) in [6.45, 7) is 5.11. The lowest BCUT2D eigenvalue weighted by molar-refractivity contribution is -0.387. The van der Waals surface area contributed by atoms with Gasteiger partial charge in [0.25, 0.3) is 5.91 Å². The van der Waals surface area contributed by atoms with Crippen molar-refractivity contribution < 1.29 is 23.6 Å². The molecule has 2 aromatic rings. The molecule has 144 valence electrons. The Morgan fingerprint density at radius 1 is 1.11 bits per heavy atom. The smallest absolute Gasteiger partial charge is 0.305 e. The molecule has 0 saturated carbocycles. The largest absolute Gasteiger partial charge is 0.490 e. The van der Waals surface area contributed by atoms with E-state index in [1.54, 1.807) is 0 Å². The van der Waals surface area contributed by atoms with Gasteiger partial charge in [-0.25, -0.2) is 0 Å². The van der Waals surface area contributed by atoms with Crippen LogP contribution in [0.25, 0.3) is 0 Å². The Bertz CT molecular complexity index is 826. The van der Waals surface area contributed by atoms with Gasteiger partial charge in [-0.15, -0.1) is 0 Å². The van der Waals surface area contributed by atoms with E-state index < -0.39 is 22.3 Å². The average molecular weight is 376 g/mol. The lowest BCUT2D eigenvalue weighted by atomic mass is 10.1. The van der Waals surface area contributed by atoms with Crippen LogP contribution in [-0.4, -0.2) is 30.6 Å². The lowest BCUT2D eigenvalue weighted by Gasteiger charge is -2.12. The molecule has 0 saturated heterocycles. The van der Waals surface area contributed by atoms with E-state index in [0.29, 0.717) is 37.7 Å². The first-order valence-electron chi connectivity index (χ1n) is 8.56. The first-order valence-corrected chi connectivity index (χ1v) is 8.56. The Morgan fingerprint density at radius 3 is 2.48 bits per heavy atom. The number of nitro benzene ring substituents is 1. The minimum atomic E-state index is -0.977. The molecule has 2 aromatic carbocycles. The predicted molar refractivity (Wildman–Crippen MR) is 97.9 cm³/mol. The van der Waals surface area contributed by atoms with Crippen molar-refractivity contribution in [3.05, 3.63) is 63.5 Å². The van der Waals surface area contributed by atoms with E-state index in [2.05, 4.69) is 5.32 Å². The van der Waals surface area contributed by atoms with E-state index in [-0.39, 0.29) is 5.56 Å². The maximum Gasteiger partial charge on any atom is 0.305 e. The van der Waals surface area contributed by atoms with Gasteiger partial charge >= 0.3 is 5.69 Å². The molecule has 0 aromatic heterocycles. The fourth-order valence-corrected chi connectivity index (χ4v) is 2.47. The highest BCUT2D eigenvalue weighted by Gasteiger charge is 2.17. The molecule has 1 N–H and O–H groups in total. The molecule has 1 amide bonds. The van der Waals surface area contributed by atoms with Crippen LogP contribution in [0.4, 0.5) is 10.1 Å². The molecular weight excluding hydrogens is 355 g/mol. The summed E-state index contributed by atoms with van der Waals surface area (Å²) in [7, 11) is 0. The van der Waals surface area contributed by atoms with Crippen molar-refractivity contribution in [3.8, 4) is 11.5 Å². The predicted octanol–water partition coefficient (Wildman–Crippen LogP) is 3.50. The summed E-state index contributed by atoms with van der Waals surface area (Å²) in [4.78, 5) is 22.0. The van der Waals surface area contributed by atoms with Crippen molar-refractivity contribution in [2.45, 2.75) is 20.3 Å². The zero-order valence-corrected chi connectivity index (χ0v) is 15.2. The molecule has 0 fully saturated rings. The average Bonchev–Trinajstić information content (AvgIpc) is 2.64. The fraction of sp³-hybridized carbons (Fsp3) is 0.316. The SMILES string of the molecule is CCOc1ccc(CCNC(=O)c2ccc(F)c([N+](=O)[O-])c2)cc1OCC. The van der Waals surface area contributed by atoms with Crippen LogP contribution in [0, 0.1) is 15.9 Å². The summed E-state index contributed by atoms with van der Waals surface area (Å²) in [5.41, 5.74) is 0.243. The molecule has 27 heavy (non-hydrogen) atoms. The molecule has 0 aliphatic carbocycles. The van der Waals surface area contributed by atoms with Crippen LogP contribution in [-0.2, 0) is 6.42 Å². The lowest BCUT2D eigenvalue weighted by Crippen LogP contribution is -2.25. The van der Waals surface area contributed by atoms with Gasteiger partial charge in [0.05, 0.1) is 18.1 Å². The molecule has 0 spiro atoms. The number of nitrogens with zero attached hydrogens (tertiary/aromatic N) is 1. The van der Waals surface area contributed by atoms with Crippen molar-refractivity contribution >= 4 is 11.6 Å². The summed E-state index contributed by atoms with van der Waals surface area (Å²) in [6.07, 6.45) is 0.529. The maximum atomic E-state index is 13.3. The normalized spacial score (nSPS) is 10.3. The topological polar surface area (TPSA) is 90.7 Å². The van der Waals surface area contributed by atoms with Crippen LogP contribution in [0.2, 0.25) is 0 Å². The van der Waals surface area contributed by atoms with Crippen LogP contribution < -0.4 is 14.8 Å². The van der Waals surface area contributed by atoms with Crippen LogP contribution in [0.3, 0.4) is 0 Å². The van der Waals surface area contributed by atoms with Crippen molar-refractivity contribution in [2.24, 2.45) is 0 Å². The Morgan fingerprint density at radius 2 is 1.81 bits per heavy atom. The number of carbonyl (C=O) groups is 1. The van der Waals surface area contributed by atoms with Crippen molar-refractivity contribution in [2.75, 3.05) is 19.8 Å². The molecule has 0 radical (unpaired) electrons. The third kappa shape index (κ3) is 5.40. The quantitative estimate of drug-likeness (QED) is 0.534. The number of nitrogens with one attached hydrogen (secondary N) is 1.